The van der Waals surface area contributed by atoms with Crippen molar-refractivity contribution in [3.8, 4) is 0 Å². The number of thiophene rings is 1. The average Bonchev–Trinajstić information content (AvgIpc) is 3.10. The molecule has 0 aliphatic carbocycles. The van der Waals surface area contributed by atoms with Gasteiger partial charge in [0.1, 0.15) is 0 Å². The van der Waals surface area contributed by atoms with Gasteiger partial charge in [-0.05, 0) is 23.6 Å². The van der Waals surface area contributed by atoms with Gasteiger partial charge >= 0.3 is 0 Å². The molecule has 0 saturated carbocycles. The first-order valence-electron chi connectivity index (χ1n) is 7.70. The van der Waals surface area contributed by atoms with Gasteiger partial charge in [-0.15, -0.1) is 11.3 Å². The number of anilines is 2. The summed E-state index contributed by atoms with van der Waals surface area (Å²) in [5.41, 5.74) is 1.50. The van der Waals surface area contributed by atoms with Crippen molar-refractivity contribution in [2.24, 2.45) is 0 Å². The topological polar surface area (TPSA) is 52.7 Å². The fourth-order valence-electron chi connectivity index (χ4n) is 2.77. The second kappa shape index (κ2) is 7.23. The molecule has 126 valence electrons. The van der Waals surface area contributed by atoms with Crippen LogP contribution >= 0.6 is 22.9 Å². The lowest BCUT2D eigenvalue weighted by Crippen LogP contribution is -2.48. The highest BCUT2D eigenvalue weighted by molar-refractivity contribution is 7.12. The van der Waals surface area contributed by atoms with E-state index in [1.54, 1.807) is 13.0 Å². The molecule has 1 aliphatic rings. The largest absolute Gasteiger partial charge is 0.365 e. The van der Waals surface area contributed by atoms with Crippen molar-refractivity contribution in [3.05, 3.63) is 45.6 Å². The summed E-state index contributed by atoms with van der Waals surface area (Å²) in [5.74, 6) is -0.0593. The Morgan fingerprint density at radius 1 is 1.12 bits per heavy atom. The molecule has 0 bridgehead atoms. The quantitative estimate of drug-likeness (QED) is 0.910. The molecular formula is C17H18ClN3O2S. The van der Waals surface area contributed by atoms with Crippen LogP contribution in [0.5, 0.6) is 0 Å². The number of para-hydroxylation sites is 1. The van der Waals surface area contributed by atoms with Gasteiger partial charge in [-0.2, -0.15) is 0 Å². The molecule has 1 fully saturated rings. The van der Waals surface area contributed by atoms with Crippen molar-refractivity contribution in [2.75, 3.05) is 36.4 Å². The molecule has 3 rings (SSSR count). The Hall–Kier alpha value is -2.05. The van der Waals surface area contributed by atoms with E-state index in [1.165, 1.54) is 11.3 Å². The molecule has 5 nitrogen and oxygen atoms in total. The van der Waals surface area contributed by atoms with Gasteiger partial charge in [-0.3, -0.25) is 9.59 Å². The normalized spacial score (nSPS) is 14.6. The molecular weight excluding hydrogens is 346 g/mol. The van der Waals surface area contributed by atoms with E-state index in [0.29, 0.717) is 41.8 Å². The molecule has 0 atom stereocenters. The molecule has 1 saturated heterocycles. The van der Waals surface area contributed by atoms with Crippen molar-refractivity contribution >= 4 is 46.1 Å². The third kappa shape index (κ3) is 3.55. The summed E-state index contributed by atoms with van der Waals surface area (Å²) in [6.07, 6.45) is 0. The molecule has 1 aliphatic heterocycles. The van der Waals surface area contributed by atoms with Crippen LogP contribution in [-0.4, -0.2) is 42.9 Å². The highest BCUT2D eigenvalue weighted by Crippen LogP contribution is 2.35. The van der Waals surface area contributed by atoms with Gasteiger partial charge in [0.05, 0.1) is 21.3 Å². The molecule has 1 N–H and O–H groups in total. The first kappa shape index (κ1) is 16.8. The van der Waals surface area contributed by atoms with E-state index >= 15 is 0 Å². The molecule has 0 radical (unpaired) electrons. The second-order valence-corrected chi connectivity index (χ2v) is 6.92. The maximum Gasteiger partial charge on any atom is 0.265 e. The van der Waals surface area contributed by atoms with E-state index in [0.717, 1.165) is 5.69 Å². The first-order valence-corrected chi connectivity index (χ1v) is 8.96. The van der Waals surface area contributed by atoms with Crippen molar-refractivity contribution in [2.45, 2.75) is 6.92 Å². The van der Waals surface area contributed by atoms with Crippen molar-refractivity contribution < 1.29 is 9.59 Å². The summed E-state index contributed by atoms with van der Waals surface area (Å²) >= 11 is 7.80. The Labute approximate surface area is 149 Å². The number of rotatable bonds is 3. The number of hydrogen-bond acceptors (Lipinski definition) is 4. The van der Waals surface area contributed by atoms with E-state index in [-0.39, 0.29) is 11.8 Å². The van der Waals surface area contributed by atoms with E-state index in [2.05, 4.69) is 10.2 Å². The van der Waals surface area contributed by atoms with Crippen LogP contribution in [0.15, 0.2) is 35.7 Å². The van der Waals surface area contributed by atoms with E-state index in [1.807, 2.05) is 34.5 Å². The SMILES string of the molecule is CC(=O)N1CCN(c2c(Cl)cccc2NC(=O)c2cccs2)CC1. The summed E-state index contributed by atoms with van der Waals surface area (Å²) in [5, 5.41) is 5.41. The summed E-state index contributed by atoms with van der Waals surface area (Å²) in [4.78, 5) is 28.4. The van der Waals surface area contributed by atoms with Crippen LogP contribution in [0.4, 0.5) is 11.4 Å². The van der Waals surface area contributed by atoms with Gasteiger partial charge in [0.15, 0.2) is 0 Å². The molecule has 2 aromatic rings. The number of hydrogen-bond donors (Lipinski definition) is 1. The van der Waals surface area contributed by atoms with Gasteiger partial charge in [0, 0.05) is 33.1 Å². The van der Waals surface area contributed by atoms with Crippen LogP contribution in [0.2, 0.25) is 5.02 Å². The summed E-state index contributed by atoms with van der Waals surface area (Å²) < 4.78 is 0. The van der Waals surface area contributed by atoms with E-state index < -0.39 is 0 Å². The Morgan fingerprint density at radius 3 is 2.50 bits per heavy atom. The lowest BCUT2D eigenvalue weighted by atomic mass is 10.2. The van der Waals surface area contributed by atoms with Crippen molar-refractivity contribution in [3.63, 3.8) is 0 Å². The minimum Gasteiger partial charge on any atom is -0.365 e. The van der Waals surface area contributed by atoms with E-state index in [4.69, 9.17) is 11.6 Å². The fourth-order valence-corrected chi connectivity index (χ4v) is 3.69. The lowest BCUT2D eigenvalue weighted by Gasteiger charge is -2.36. The number of piperazine rings is 1. The molecule has 0 spiro atoms. The monoisotopic (exact) mass is 363 g/mol. The average molecular weight is 364 g/mol. The third-order valence-electron chi connectivity index (χ3n) is 4.02. The van der Waals surface area contributed by atoms with Crippen LogP contribution in [0.3, 0.4) is 0 Å². The van der Waals surface area contributed by atoms with Crippen molar-refractivity contribution in [1.29, 1.82) is 0 Å². The summed E-state index contributed by atoms with van der Waals surface area (Å²) in [6.45, 7) is 4.26. The minimum absolute atomic E-state index is 0.0834. The maximum atomic E-state index is 12.3. The van der Waals surface area contributed by atoms with Gasteiger partial charge in [0.2, 0.25) is 5.91 Å². The number of carbonyl (C=O) groups excluding carboxylic acids is 2. The predicted octanol–water partition coefficient (Wildman–Crippen LogP) is 3.32. The number of carbonyl (C=O) groups is 2. The standard InChI is InChI=1S/C17H18ClN3O2S/c1-12(22)20-7-9-21(10-8-20)16-13(18)4-2-5-14(16)19-17(23)15-6-3-11-24-15/h2-6,11H,7-10H2,1H3,(H,19,23). The highest BCUT2D eigenvalue weighted by Gasteiger charge is 2.23. The van der Waals surface area contributed by atoms with Crippen LogP contribution in [-0.2, 0) is 4.79 Å². The second-order valence-electron chi connectivity index (χ2n) is 5.56. The first-order chi connectivity index (χ1) is 11.6. The molecule has 24 heavy (non-hydrogen) atoms. The van der Waals surface area contributed by atoms with Crippen LogP contribution in [0.1, 0.15) is 16.6 Å². The van der Waals surface area contributed by atoms with Crippen LogP contribution in [0.25, 0.3) is 0 Å². The number of nitrogens with zero attached hydrogens (tertiary/aromatic N) is 2. The Balaban J connectivity index is 1.81. The van der Waals surface area contributed by atoms with Crippen LogP contribution in [0, 0.1) is 0 Å². The number of benzene rings is 1. The molecule has 7 heteroatoms. The maximum absolute atomic E-state index is 12.3. The number of amides is 2. The molecule has 2 heterocycles. The van der Waals surface area contributed by atoms with E-state index in [9.17, 15) is 9.59 Å². The molecule has 2 amide bonds. The van der Waals surface area contributed by atoms with Gasteiger partial charge < -0.3 is 15.1 Å². The molecule has 1 aromatic heterocycles. The zero-order valence-corrected chi connectivity index (χ0v) is 14.9. The fraction of sp³-hybridized carbons (Fsp3) is 0.294. The van der Waals surface area contributed by atoms with Gasteiger partial charge in [0.25, 0.3) is 5.91 Å². The third-order valence-corrected chi connectivity index (χ3v) is 5.19. The number of halogens is 1. The molecule has 0 unspecified atom stereocenters. The number of nitrogens with one attached hydrogen (secondary N) is 1. The Morgan fingerprint density at radius 2 is 1.88 bits per heavy atom. The van der Waals surface area contributed by atoms with Crippen molar-refractivity contribution in [1.82, 2.24) is 4.90 Å². The Bertz CT molecular complexity index is 740. The lowest BCUT2D eigenvalue weighted by molar-refractivity contribution is -0.129. The Kier molecular flexibility index (Phi) is 5.06. The zero-order valence-electron chi connectivity index (χ0n) is 13.3. The summed E-state index contributed by atoms with van der Waals surface area (Å²) in [6, 6.07) is 9.12. The minimum atomic E-state index is -0.143. The molecule has 1 aromatic carbocycles. The highest BCUT2D eigenvalue weighted by atomic mass is 35.5. The van der Waals surface area contributed by atoms with Gasteiger partial charge in [-0.25, -0.2) is 0 Å². The summed E-state index contributed by atoms with van der Waals surface area (Å²) in [7, 11) is 0. The zero-order chi connectivity index (χ0) is 17.1. The van der Waals surface area contributed by atoms with Crippen LogP contribution < -0.4 is 10.2 Å². The predicted molar refractivity (Wildman–Crippen MR) is 98.2 cm³/mol. The van der Waals surface area contributed by atoms with Gasteiger partial charge in [-0.1, -0.05) is 23.7 Å². The smallest absolute Gasteiger partial charge is 0.265 e.